The molecule has 136 valence electrons. The number of para-hydroxylation sites is 1. The van der Waals surface area contributed by atoms with Crippen molar-refractivity contribution in [1.82, 2.24) is 14.9 Å². The first-order valence-corrected chi connectivity index (χ1v) is 9.09. The first-order valence-electron chi connectivity index (χ1n) is 8.71. The van der Waals surface area contributed by atoms with E-state index in [2.05, 4.69) is 21.8 Å². The number of halogens is 2. The van der Waals surface area contributed by atoms with Crippen molar-refractivity contribution in [2.75, 3.05) is 6.54 Å². The van der Waals surface area contributed by atoms with Crippen molar-refractivity contribution in [3.63, 3.8) is 0 Å². The molecule has 0 saturated carbocycles. The minimum absolute atomic E-state index is 0.162. The quantitative estimate of drug-likeness (QED) is 0.662. The molecule has 3 aromatic rings. The highest BCUT2D eigenvalue weighted by atomic mass is 35.5. The summed E-state index contributed by atoms with van der Waals surface area (Å²) in [7, 11) is 0. The van der Waals surface area contributed by atoms with Crippen molar-refractivity contribution in [3.8, 4) is 0 Å². The number of aromatic amines is 1. The Kier molecular flexibility index (Phi) is 6.01. The van der Waals surface area contributed by atoms with Crippen LogP contribution in [0.5, 0.6) is 0 Å². The van der Waals surface area contributed by atoms with Gasteiger partial charge >= 0.3 is 0 Å². The molecule has 0 bridgehead atoms. The number of hydrogen-bond donors (Lipinski definition) is 1. The summed E-state index contributed by atoms with van der Waals surface area (Å²) in [6, 6.07) is 11.9. The molecule has 0 spiro atoms. The average molecular weight is 374 g/mol. The Morgan fingerprint density at radius 1 is 1.15 bits per heavy atom. The molecule has 0 unspecified atom stereocenters. The minimum Gasteiger partial charge on any atom is -0.309 e. The fourth-order valence-corrected chi connectivity index (χ4v) is 3.15. The van der Waals surface area contributed by atoms with E-state index in [0.717, 1.165) is 19.4 Å². The standard InChI is InChI=1S/C20H21ClFN3O/c1-2-3-11-25(12-15-16(21)8-6-9-17(15)22)13-19-23-18-10-5-4-7-14(18)20(26)24-19/h4-10H,2-3,11-13H2,1H3,(H,23,24,26). The van der Waals surface area contributed by atoms with Crippen molar-refractivity contribution in [3.05, 3.63) is 75.0 Å². The van der Waals surface area contributed by atoms with Gasteiger partial charge in [-0.3, -0.25) is 9.69 Å². The molecule has 0 aliphatic carbocycles. The van der Waals surface area contributed by atoms with Crippen LogP contribution in [0, 0.1) is 5.82 Å². The highest BCUT2D eigenvalue weighted by Crippen LogP contribution is 2.21. The summed E-state index contributed by atoms with van der Waals surface area (Å²) >= 11 is 6.17. The lowest BCUT2D eigenvalue weighted by Crippen LogP contribution is -2.27. The van der Waals surface area contributed by atoms with Crippen molar-refractivity contribution in [2.24, 2.45) is 0 Å². The summed E-state index contributed by atoms with van der Waals surface area (Å²) in [4.78, 5) is 21.7. The zero-order valence-corrected chi connectivity index (χ0v) is 15.4. The van der Waals surface area contributed by atoms with Gasteiger partial charge in [0.2, 0.25) is 0 Å². The van der Waals surface area contributed by atoms with E-state index in [-0.39, 0.29) is 11.4 Å². The predicted octanol–water partition coefficient (Wildman–Crippen LogP) is 4.52. The number of fused-ring (bicyclic) bond motifs is 1. The molecule has 0 aliphatic heterocycles. The van der Waals surface area contributed by atoms with Crippen molar-refractivity contribution in [2.45, 2.75) is 32.9 Å². The molecule has 0 atom stereocenters. The number of hydrogen-bond acceptors (Lipinski definition) is 3. The molecule has 2 aromatic carbocycles. The highest BCUT2D eigenvalue weighted by Gasteiger charge is 2.14. The van der Waals surface area contributed by atoms with Crippen molar-refractivity contribution >= 4 is 22.5 Å². The third-order valence-electron chi connectivity index (χ3n) is 4.31. The van der Waals surface area contributed by atoms with E-state index in [1.165, 1.54) is 6.07 Å². The molecule has 0 aliphatic rings. The molecule has 4 nitrogen and oxygen atoms in total. The van der Waals surface area contributed by atoms with Crippen molar-refractivity contribution in [1.29, 1.82) is 0 Å². The Bertz CT molecular complexity index is 937. The van der Waals surface area contributed by atoms with Crippen LogP contribution in [0.25, 0.3) is 10.9 Å². The van der Waals surface area contributed by atoms with E-state index in [1.807, 2.05) is 18.2 Å². The number of H-pyrrole nitrogens is 1. The first-order chi connectivity index (χ1) is 12.6. The Morgan fingerprint density at radius 2 is 1.96 bits per heavy atom. The number of rotatable bonds is 7. The lowest BCUT2D eigenvalue weighted by Gasteiger charge is -2.22. The zero-order valence-electron chi connectivity index (χ0n) is 14.6. The maximum atomic E-state index is 14.2. The largest absolute Gasteiger partial charge is 0.309 e. The molecule has 1 heterocycles. The summed E-state index contributed by atoms with van der Waals surface area (Å²) in [5, 5.41) is 0.972. The molecule has 3 rings (SSSR count). The molecular weight excluding hydrogens is 353 g/mol. The summed E-state index contributed by atoms with van der Waals surface area (Å²) in [5.41, 5.74) is 0.962. The second-order valence-electron chi connectivity index (χ2n) is 6.29. The molecule has 0 saturated heterocycles. The molecule has 6 heteroatoms. The van der Waals surface area contributed by atoms with Crippen LogP contribution in [-0.2, 0) is 13.1 Å². The lowest BCUT2D eigenvalue weighted by molar-refractivity contribution is 0.243. The van der Waals surface area contributed by atoms with Crippen LogP contribution < -0.4 is 5.56 Å². The van der Waals surface area contributed by atoms with Gasteiger partial charge in [-0.25, -0.2) is 9.37 Å². The summed E-state index contributed by atoms with van der Waals surface area (Å²) in [5.74, 6) is 0.247. The van der Waals surface area contributed by atoms with Crippen molar-refractivity contribution < 1.29 is 4.39 Å². The first kappa shape index (κ1) is 18.5. The maximum Gasteiger partial charge on any atom is 0.258 e. The van der Waals surface area contributed by atoms with Gasteiger partial charge < -0.3 is 4.98 Å². The Balaban J connectivity index is 1.88. The number of aromatic nitrogens is 2. The summed E-state index contributed by atoms with van der Waals surface area (Å²) in [6.07, 6.45) is 1.98. The van der Waals surface area contributed by atoms with Gasteiger partial charge in [0.15, 0.2) is 0 Å². The van der Waals surface area contributed by atoms with Crippen LogP contribution in [0.2, 0.25) is 5.02 Å². The molecular formula is C20H21ClFN3O. The average Bonchev–Trinajstić information content (AvgIpc) is 2.62. The van der Waals surface area contributed by atoms with Crippen LogP contribution >= 0.6 is 11.6 Å². The molecule has 1 N–H and O–H groups in total. The van der Waals surface area contributed by atoms with Gasteiger partial charge in [0, 0.05) is 17.1 Å². The fourth-order valence-electron chi connectivity index (χ4n) is 2.92. The topological polar surface area (TPSA) is 49.0 Å². The van der Waals surface area contributed by atoms with Crippen LogP contribution in [0.1, 0.15) is 31.2 Å². The minimum atomic E-state index is -0.320. The Morgan fingerprint density at radius 3 is 2.73 bits per heavy atom. The van der Waals surface area contributed by atoms with Crippen LogP contribution in [0.15, 0.2) is 47.3 Å². The molecule has 0 radical (unpaired) electrons. The summed E-state index contributed by atoms with van der Waals surface area (Å²) < 4.78 is 14.2. The molecule has 26 heavy (non-hydrogen) atoms. The predicted molar refractivity (Wildman–Crippen MR) is 103 cm³/mol. The molecule has 0 amide bonds. The zero-order chi connectivity index (χ0) is 18.5. The highest BCUT2D eigenvalue weighted by molar-refractivity contribution is 6.31. The normalized spacial score (nSPS) is 11.4. The van der Waals surface area contributed by atoms with Crippen LogP contribution in [0.3, 0.4) is 0 Å². The van der Waals surface area contributed by atoms with Crippen LogP contribution in [-0.4, -0.2) is 21.4 Å². The third-order valence-corrected chi connectivity index (χ3v) is 4.66. The third kappa shape index (κ3) is 4.29. The van der Waals surface area contributed by atoms with Gasteiger partial charge in [-0.15, -0.1) is 0 Å². The van der Waals surface area contributed by atoms with E-state index < -0.39 is 0 Å². The lowest BCUT2D eigenvalue weighted by atomic mass is 10.2. The second-order valence-corrected chi connectivity index (χ2v) is 6.70. The number of nitrogens with zero attached hydrogens (tertiary/aromatic N) is 2. The SMILES string of the molecule is CCCCN(Cc1nc2ccccc2c(=O)[nH]1)Cc1c(F)cccc1Cl. The van der Waals surface area contributed by atoms with E-state index in [1.54, 1.807) is 18.2 Å². The summed E-state index contributed by atoms with van der Waals surface area (Å²) in [6.45, 7) is 3.65. The second kappa shape index (κ2) is 8.43. The van der Waals surface area contributed by atoms with Gasteiger partial charge in [-0.2, -0.15) is 0 Å². The van der Waals surface area contributed by atoms with Crippen LogP contribution in [0.4, 0.5) is 4.39 Å². The Hall–Kier alpha value is -2.24. The number of benzene rings is 2. The van der Waals surface area contributed by atoms with E-state index in [0.29, 0.717) is 40.4 Å². The number of nitrogens with one attached hydrogen (secondary N) is 1. The van der Waals surface area contributed by atoms with Gasteiger partial charge in [-0.05, 0) is 37.2 Å². The maximum absolute atomic E-state index is 14.2. The molecule has 0 fully saturated rings. The van der Waals surface area contributed by atoms with E-state index in [9.17, 15) is 9.18 Å². The Labute approximate surface area is 156 Å². The van der Waals surface area contributed by atoms with Gasteiger partial charge in [0.05, 0.1) is 17.4 Å². The number of unbranched alkanes of at least 4 members (excludes halogenated alkanes) is 1. The fraction of sp³-hybridized carbons (Fsp3) is 0.300. The van der Waals surface area contributed by atoms with Gasteiger partial charge in [-0.1, -0.05) is 43.1 Å². The van der Waals surface area contributed by atoms with E-state index >= 15 is 0 Å². The van der Waals surface area contributed by atoms with Gasteiger partial charge in [0.25, 0.3) is 5.56 Å². The smallest absolute Gasteiger partial charge is 0.258 e. The molecule has 1 aromatic heterocycles. The van der Waals surface area contributed by atoms with E-state index in [4.69, 9.17) is 11.6 Å². The monoisotopic (exact) mass is 373 g/mol. The van der Waals surface area contributed by atoms with Gasteiger partial charge in [0.1, 0.15) is 11.6 Å².